The lowest BCUT2D eigenvalue weighted by atomic mass is 9.97. The molecule has 0 aliphatic carbocycles. The number of hydrogen-bond acceptors (Lipinski definition) is 10. The highest BCUT2D eigenvalue weighted by Crippen LogP contribution is 2.37. The second-order valence-corrected chi connectivity index (χ2v) is 9.00. The third-order valence-corrected chi connectivity index (χ3v) is 6.22. The number of Topliss-reactive ketones (excluding diaryl/α,β-unsaturated/α-hetero) is 1. The third-order valence-electron chi connectivity index (χ3n) is 6.22. The van der Waals surface area contributed by atoms with E-state index < -0.39 is 22.6 Å². The Morgan fingerprint density at radius 1 is 1.16 bits per heavy atom. The minimum Gasteiger partial charge on any atom is -0.466 e. The number of ketones is 1. The second kappa shape index (κ2) is 12.9. The van der Waals surface area contributed by atoms with Crippen molar-refractivity contribution in [2.24, 2.45) is 11.7 Å². The lowest BCUT2D eigenvalue weighted by molar-refractivity contribution is -0.385. The Morgan fingerprint density at radius 2 is 1.81 bits per heavy atom. The maximum atomic E-state index is 12.7. The molecule has 2 N–H and O–H groups in total. The van der Waals surface area contributed by atoms with Gasteiger partial charge in [-0.2, -0.15) is 0 Å². The Balaban J connectivity index is 1.66. The Labute approximate surface area is 215 Å². The summed E-state index contributed by atoms with van der Waals surface area (Å²) >= 11 is 0. The molecule has 37 heavy (non-hydrogen) atoms. The molecule has 1 saturated heterocycles. The number of piperidine rings is 1. The first-order chi connectivity index (χ1) is 17.7. The molecule has 0 saturated carbocycles. The van der Waals surface area contributed by atoms with E-state index in [1.54, 1.807) is 18.7 Å². The number of carbonyl (C=O) groups is 3. The van der Waals surface area contributed by atoms with E-state index in [9.17, 15) is 24.5 Å². The molecule has 198 valence electrons. The van der Waals surface area contributed by atoms with Crippen molar-refractivity contribution in [3.05, 3.63) is 57.8 Å². The summed E-state index contributed by atoms with van der Waals surface area (Å²) in [5.74, 6) is -1.38. The molecule has 0 amide bonds. The Morgan fingerprint density at radius 3 is 2.41 bits per heavy atom. The van der Waals surface area contributed by atoms with Crippen LogP contribution >= 0.6 is 0 Å². The van der Waals surface area contributed by atoms with Crippen LogP contribution in [0.15, 0.2) is 36.5 Å². The summed E-state index contributed by atoms with van der Waals surface area (Å²) in [6, 6.07) is 7.63. The van der Waals surface area contributed by atoms with Crippen LogP contribution in [0.3, 0.4) is 0 Å². The van der Waals surface area contributed by atoms with Crippen molar-refractivity contribution in [2.75, 3.05) is 24.6 Å². The highest BCUT2D eigenvalue weighted by atomic mass is 16.6. The van der Waals surface area contributed by atoms with Gasteiger partial charge in [-0.05, 0) is 50.7 Å². The summed E-state index contributed by atoms with van der Waals surface area (Å²) in [5.41, 5.74) is 7.42. The lowest BCUT2D eigenvalue weighted by Gasteiger charge is -2.31. The van der Waals surface area contributed by atoms with Crippen LogP contribution in [0.4, 0.5) is 11.5 Å². The summed E-state index contributed by atoms with van der Waals surface area (Å²) < 4.78 is 10.4. The fourth-order valence-corrected chi connectivity index (χ4v) is 4.18. The maximum absolute atomic E-state index is 12.7. The minimum absolute atomic E-state index is 0.0762. The van der Waals surface area contributed by atoms with E-state index >= 15 is 0 Å². The first-order valence-corrected chi connectivity index (χ1v) is 12.3. The Kier molecular flexibility index (Phi) is 9.67. The van der Waals surface area contributed by atoms with Gasteiger partial charge in [-0.1, -0.05) is 24.3 Å². The number of nitrogens with zero attached hydrogens (tertiary/aromatic N) is 3. The Hall–Kier alpha value is -3.86. The number of pyridine rings is 1. The van der Waals surface area contributed by atoms with Gasteiger partial charge in [0.2, 0.25) is 11.6 Å². The van der Waals surface area contributed by atoms with E-state index in [-0.39, 0.29) is 35.7 Å². The van der Waals surface area contributed by atoms with Crippen molar-refractivity contribution < 1.29 is 28.8 Å². The number of nitro groups is 1. The lowest BCUT2D eigenvalue weighted by Crippen LogP contribution is -2.38. The molecular weight excluding hydrogens is 480 g/mol. The molecule has 1 aliphatic rings. The molecular formula is C26H32N4O7. The van der Waals surface area contributed by atoms with E-state index in [1.807, 2.05) is 24.3 Å². The van der Waals surface area contributed by atoms with Crippen molar-refractivity contribution in [2.45, 2.75) is 52.0 Å². The van der Waals surface area contributed by atoms with Crippen molar-refractivity contribution in [1.29, 1.82) is 0 Å². The van der Waals surface area contributed by atoms with Crippen LogP contribution in [0.5, 0.6) is 5.75 Å². The van der Waals surface area contributed by atoms with Gasteiger partial charge < -0.3 is 24.9 Å². The topological polar surface area (TPSA) is 155 Å². The van der Waals surface area contributed by atoms with Gasteiger partial charge in [0.15, 0.2) is 0 Å². The molecule has 0 spiro atoms. The standard InChI is InChI=1S/C26H32N4O7/c1-3-36-25(32)20-11-14-29(15-12-20)24-23(30(34)35)22(10-13-28-24)37-26(33)21(27)16-19-8-6-18(7-9-19)5-4-17(2)31/h6-10,13,20-21H,3-5,11-12,14-16,27H2,1-2H3/t21-/m0/s1. The van der Waals surface area contributed by atoms with Crippen LogP contribution in [0.1, 0.15) is 44.2 Å². The van der Waals surface area contributed by atoms with E-state index in [0.29, 0.717) is 45.4 Å². The number of rotatable bonds is 11. The van der Waals surface area contributed by atoms with Crippen LogP contribution < -0.4 is 15.4 Å². The zero-order valence-corrected chi connectivity index (χ0v) is 21.1. The van der Waals surface area contributed by atoms with E-state index in [0.717, 1.165) is 11.1 Å². The maximum Gasteiger partial charge on any atom is 0.353 e. The predicted octanol–water partition coefficient (Wildman–Crippen LogP) is 2.77. The number of anilines is 1. The average Bonchev–Trinajstić information content (AvgIpc) is 2.88. The number of esters is 2. The summed E-state index contributed by atoms with van der Waals surface area (Å²) in [7, 11) is 0. The third kappa shape index (κ3) is 7.56. The zero-order valence-electron chi connectivity index (χ0n) is 21.1. The summed E-state index contributed by atoms with van der Waals surface area (Å²) in [6.07, 6.45) is 3.56. The van der Waals surface area contributed by atoms with Gasteiger partial charge in [-0.15, -0.1) is 0 Å². The fourth-order valence-electron chi connectivity index (χ4n) is 4.18. The molecule has 11 heteroatoms. The van der Waals surface area contributed by atoms with E-state index in [2.05, 4.69) is 4.98 Å². The number of nitrogens with two attached hydrogens (primary N) is 1. The van der Waals surface area contributed by atoms with Gasteiger partial charge in [-0.3, -0.25) is 14.9 Å². The molecule has 1 aromatic heterocycles. The minimum atomic E-state index is -1.04. The van der Waals surface area contributed by atoms with E-state index in [4.69, 9.17) is 15.2 Å². The van der Waals surface area contributed by atoms with Crippen molar-refractivity contribution in [3.63, 3.8) is 0 Å². The molecule has 1 fully saturated rings. The quantitative estimate of drug-likeness (QED) is 0.270. The molecule has 0 radical (unpaired) electrons. The largest absolute Gasteiger partial charge is 0.466 e. The molecule has 0 unspecified atom stereocenters. The van der Waals surface area contributed by atoms with Crippen LogP contribution in [0, 0.1) is 16.0 Å². The molecule has 1 aromatic carbocycles. The zero-order chi connectivity index (χ0) is 26.9. The molecule has 0 bridgehead atoms. The van der Waals surface area contributed by atoms with Gasteiger partial charge in [0, 0.05) is 31.8 Å². The van der Waals surface area contributed by atoms with Gasteiger partial charge in [0.1, 0.15) is 11.8 Å². The smallest absolute Gasteiger partial charge is 0.353 e. The number of aryl methyl sites for hydroxylation is 1. The molecule has 3 rings (SSSR count). The number of ether oxygens (including phenoxy) is 2. The average molecular weight is 513 g/mol. The Bertz CT molecular complexity index is 1130. The molecule has 1 aliphatic heterocycles. The highest BCUT2D eigenvalue weighted by Gasteiger charge is 2.33. The number of aromatic nitrogens is 1. The SMILES string of the molecule is CCOC(=O)C1CCN(c2nccc(OC(=O)[C@@H](N)Cc3ccc(CCC(C)=O)cc3)c2[N+](=O)[O-])CC1. The number of benzene rings is 1. The van der Waals surface area contributed by atoms with Gasteiger partial charge in [-0.25, -0.2) is 9.78 Å². The van der Waals surface area contributed by atoms with Crippen LogP contribution in [0.25, 0.3) is 0 Å². The van der Waals surface area contributed by atoms with Crippen molar-refractivity contribution in [1.82, 2.24) is 4.98 Å². The first kappa shape index (κ1) is 27.7. The van der Waals surface area contributed by atoms with Crippen LogP contribution in [-0.2, 0) is 32.0 Å². The van der Waals surface area contributed by atoms with Gasteiger partial charge in [0.05, 0.1) is 17.4 Å². The van der Waals surface area contributed by atoms with E-state index in [1.165, 1.54) is 12.3 Å². The predicted molar refractivity (Wildman–Crippen MR) is 135 cm³/mol. The molecule has 11 nitrogen and oxygen atoms in total. The molecule has 2 aromatic rings. The van der Waals surface area contributed by atoms with Crippen LogP contribution in [-0.4, -0.2) is 53.4 Å². The van der Waals surface area contributed by atoms with Crippen LogP contribution in [0.2, 0.25) is 0 Å². The monoisotopic (exact) mass is 512 g/mol. The summed E-state index contributed by atoms with van der Waals surface area (Å²) in [5, 5.41) is 11.9. The van der Waals surface area contributed by atoms with Gasteiger partial charge >= 0.3 is 17.6 Å². The summed E-state index contributed by atoms with van der Waals surface area (Å²) in [4.78, 5) is 53.1. The first-order valence-electron chi connectivity index (χ1n) is 12.3. The highest BCUT2D eigenvalue weighted by molar-refractivity contribution is 5.81. The fraction of sp³-hybridized carbons (Fsp3) is 0.462. The van der Waals surface area contributed by atoms with Crippen molar-refractivity contribution >= 4 is 29.2 Å². The molecule has 2 heterocycles. The molecule has 1 atom stereocenters. The number of hydrogen-bond donors (Lipinski definition) is 1. The van der Waals surface area contributed by atoms with Crippen molar-refractivity contribution in [3.8, 4) is 5.75 Å². The number of carbonyl (C=O) groups excluding carboxylic acids is 3. The normalized spacial score (nSPS) is 14.6. The second-order valence-electron chi connectivity index (χ2n) is 9.00. The summed E-state index contributed by atoms with van der Waals surface area (Å²) in [6.45, 7) is 4.33. The van der Waals surface area contributed by atoms with Gasteiger partial charge in [0.25, 0.3) is 0 Å².